The molecule has 1 heterocycles. The van der Waals surface area contributed by atoms with Crippen LogP contribution in [0, 0.1) is 0 Å². The van der Waals surface area contributed by atoms with Crippen molar-refractivity contribution < 1.29 is 13.5 Å². The first-order chi connectivity index (χ1) is 8.02. The lowest BCUT2D eigenvalue weighted by Crippen LogP contribution is -2.29. The summed E-state index contributed by atoms with van der Waals surface area (Å²) in [6.45, 7) is 2.51. The Kier molecular flexibility index (Phi) is 4.86. The molecule has 0 atom stereocenters. The number of aliphatic hydroxyl groups is 1. The molecule has 0 bridgehead atoms. The van der Waals surface area contributed by atoms with Gasteiger partial charge in [0.2, 0.25) is 10.0 Å². The highest BCUT2D eigenvalue weighted by molar-refractivity contribution is 7.89. The van der Waals surface area contributed by atoms with Crippen molar-refractivity contribution in [1.82, 2.24) is 9.29 Å². The minimum atomic E-state index is -3.55. The Bertz CT molecular complexity index is 444. The summed E-state index contributed by atoms with van der Waals surface area (Å²) in [6.07, 6.45) is 1.31. The van der Waals surface area contributed by atoms with E-state index in [2.05, 4.69) is 10.3 Å². The van der Waals surface area contributed by atoms with Crippen LogP contribution in [0.15, 0.2) is 23.2 Å². The van der Waals surface area contributed by atoms with Crippen molar-refractivity contribution in [3.8, 4) is 0 Å². The summed E-state index contributed by atoms with van der Waals surface area (Å²) in [5, 5.41) is 11.7. The lowest BCUT2D eigenvalue weighted by Gasteiger charge is -2.15. The zero-order valence-electron chi connectivity index (χ0n) is 9.92. The van der Waals surface area contributed by atoms with E-state index in [9.17, 15) is 8.42 Å². The van der Waals surface area contributed by atoms with Gasteiger partial charge in [0.15, 0.2) is 0 Å². The van der Waals surface area contributed by atoms with Crippen molar-refractivity contribution in [2.45, 2.75) is 11.8 Å². The van der Waals surface area contributed by atoms with Gasteiger partial charge in [0.05, 0.1) is 6.61 Å². The first kappa shape index (κ1) is 13.9. The van der Waals surface area contributed by atoms with Crippen molar-refractivity contribution >= 4 is 15.8 Å². The largest absolute Gasteiger partial charge is 0.395 e. The van der Waals surface area contributed by atoms with Gasteiger partial charge in [0.25, 0.3) is 0 Å². The summed E-state index contributed by atoms with van der Waals surface area (Å²) in [5.74, 6) is 0.635. The highest BCUT2D eigenvalue weighted by Crippen LogP contribution is 2.14. The van der Waals surface area contributed by atoms with Crippen LogP contribution in [-0.2, 0) is 10.0 Å². The molecule has 2 N–H and O–H groups in total. The van der Waals surface area contributed by atoms with E-state index in [4.69, 9.17) is 5.11 Å². The van der Waals surface area contributed by atoms with E-state index in [1.54, 1.807) is 6.07 Å². The Morgan fingerprint density at radius 3 is 2.65 bits per heavy atom. The van der Waals surface area contributed by atoms with Crippen LogP contribution < -0.4 is 5.32 Å². The molecule has 1 rings (SSSR count). The average molecular weight is 259 g/mol. The van der Waals surface area contributed by atoms with E-state index in [0.717, 1.165) is 10.8 Å². The number of sulfonamides is 1. The third kappa shape index (κ3) is 3.39. The second kappa shape index (κ2) is 5.95. The van der Waals surface area contributed by atoms with Crippen molar-refractivity contribution in [3.63, 3.8) is 0 Å². The highest BCUT2D eigenvalue weighted by Gasteiger charge is 2.20. The quantitative estimate of drug-likeness (QED) is 0.758. The maximum atomic E-state index is 11.9. The smallest absolute Gasteiger partial charge is 0.244 e. The molecule has 0 aliphatic heterocycles. The predicted molar refractivity (Wildman–Crippen MR) is 65.3 cm³/mol. The molecule has 0 saturated heterocycles. The molecule has 0 saturated carbocycles. The molecule has 0 unspecified atom stereocenters. The fraction of sp³-hybridized carbons (Fsp3) is 0.500. The molecule has 17 heavy (non-hydrogen) atoms. The topological polar surface area (TPSA) is 82.5 Å². The van der Waals surface area contributed by atoms with Crippen molar-refractivity contribution in [2.24, 2.45) is 0 Å². The predicted octanol–water partition coefficient (Wildman–Crippen LogP) is 0.126. The molecule has 0 amide bonds. The van der Waals surface area contributed by atoms with Crippen LogP contribution in [0.4, 0.5) is 5.82 Å². The summed E-state index contributed by atoms with van der Waals surface area (Å²) in [5.41, 5.74) is 0. The van der Waals surface area contributed by atoms with Gasteiger partial charge in [-0.25, -0.2) is 13.4 Å². The van der Waals surface area contributed by atoms with E-state index in [1.807, 2.05) is 6.92 Å². The summed E-state index contributed by atoms with van der Waals surface area (Å²) in [6, 6.07) is 3.11. The minimum Gasteiger partial charge on any atom is -0.395 e. The normalized spacial score (nSPS) is 11.8. The Labute approximate surface area is 101 Å². The number of nitrogens with zero attached hydrogens (tertiary/aromatic N) is 2. The molecule has 0 spiro atoms. The fourth-order valence-corrected chi connectivity index (χ4v) is 2.37. The maximum absolute atomic E-state index is 11.9. The van der Waals surface area contributed by atoms with E-state index < -0.39 is 10.0 Å². The molecule has 0 aliphatic carbocycles. The maximum Gasteiger partial charge on any atom is 0.244 e. The van der Waals surface area contributed by atoms with Gasteiger partial charge >= 0.3 is 0 Å². The molecule has 0 aliphatic rings. The first-order valence-electron chi connectivity index (χ1n) is 5.29. The van der Waals surface area contributed by atoms with Gasteiger partial charge in [-0.1, -0.05) is 0 Å². The molecule has 0 aromatic carbocycles. The first-order valence-corrected chi connectivity index (χ1v) is 6.73. The van der Waals surface area contributed by atoms with Crippen molar-refractivity contribution in [2.75, 3.05) is 32.1 Å². The summed E-state index contributed by atoms with van der Waals surface area (Å²) < 4.78 is 25.0. The number of hydrogen-bond acceptors (Lipinski definition) is 5. The van der Waals surface area contributed by atoms with Gasteiger partial charge in [-0.3, -0.25) is 0 Å². The van der Waals surface area contributed by atoms with Gasteiger partial charge < -0.3 is 10.4 Å². The molecular formula is C10H17N3O3S. The van der Waals surface area contributed by atoms with E-state index in [-0.39, 0.29) is 18.0 Å². The second-order valence-electron chi connectivity index (χ2n) is 3.46. The van der Waals surface area contributed by atoms with Crippen LogP contribution in [0.2, 0.25) is 0 Å². The van der Waals surface area contributed by atoms with Crippen LogP contribution in [0.1, 0.15) is 6.92 Å². The number of pyridine rings is 1. The van der Waals surface area contributed by atoms with Crippen LogP contribution in [-0.4, -0.2) is 49.6 Å². The molecule has 1 aromatic heterocycles. The van der Waals surface area contributed by atoms with Crippen LogP contribution in [0.3, 0.4) is 0 Å². The highest BCUT2D eigenvalue weighted by atomic mass is 32.2. The summed E-state index contributed by atoms with van der Waals surface area (Å²) >= 11 is 0. The number of likely N-dealkylation sites (N-methyl/N-ethyl adjacent to an activating group) is 1. The fourth-order valence-electron chi connectivity index (χ4n) is 1.26. The van der Waals surface area contributed by atoms with Crippen molar-refractivity contribution in [3.05, 3.63) is 18.3 Å². The number of rotatable bonds is 6. The van der Waals surface area contributed by atoms with Crippen molar-refractivity contribution in [1.29, 1.82) is 0 Å². The molecule has 6 nitrogen and oxygen atoms in total. The molecule has 1 aromatic rings. The number of aromatic nitrogens is 1. The Balaban J connectivity index is 2.92. The van der Waals surface area contributed by atoms with Gasteiger partial charge in [0.1, 0.15) is 10.7 Å². The Morgan fingerprint density at radius 1 is 1.47 bits per heavy atom. The Morgan fingerprint density at radius 2 is 2.18 bits per heavy atom. The van der Waals surface area contributed by atoms with Crippen LogP contribution in [0.5, 0.6) is 0 Å². The van der Waals surface area contributed by atoms with Crippen LogP contribution in [0.25, 0.3) is 0 Å². The zero-order chi connectivity index (χ0) is 12.9. The average Bonchev–Trinajstić information content (AvgIpc) is 2.30. The van der Waals surface area contributed by atoms with E-state index in [1.165, 1.54) is 19.3 Å². The minimum absolute atomic E-state index is 0.0668. The third-order valence-corrected chi connectivity index (χ3v) is 4.06. The number of hydrogen-bond donors (Lipinski definition) is 2. The van der Waals surface area contributed by atoms with E-state index >= 15 is 0 Å². The Hall–Kier alpha value is -1.18. The molecule has 96 valence electrons. The number of anilines is 1. The van der Waals surface area contributed by atoms with Crippen LogP contribution >= 0.6 is 0 Å². The summed E-state index contributed by atoms with van der Waals surface area (Å²) in [7, 11) is -2.13. The summed E-state index contributed by atoms with van der Waals surface area (Å²) in [4.78, 5) is 4.12. The standard InChI is InChI=1S/C10H17N3O3S/c1-3-11-10-5-4-9(8-12-10)17(15,16)13(2)6-7-14/h4-5,8,14H,3,6-7H2,1-2H3,(H,11,12). The van der Waals surface area contributed by atoms with Gasteiger partial charge in [-0.15, -0.1) is 0 Å². The zero-order valence-corrected chi connectivity index (χ0v) is 10.7. The second-order valence-corrected chi connectivity index (χ2v) is 5.50. The lowest BCUT2D eigenvalue weighted by atomic mass is 10.4. The number of aliphatic hydroxyl groups excluding tert-OH is 1. The third-order valence-electron chi connectivity index (χ3n) is 2.22. The molecular weight excluding hydrogens is 242 g/mol. The molecule has 0 fully saturated rings. The lowest BCUT2D eigenvalue weighted by molar-refractivity contribution is 0.266. The van der Waals surface area contributed by atoms with Gasteiger partial charge in [-0.2, -0.15) is 4.31 Å². The monoisotopic (exact) mass is 259 g/mol. The number of nitrogens with one attached hydrogen (secondary N) is 1. The molecule has 7 heteroatoms. The van der Waals surface area contributed by atoms with Gasteiger partial charge in [-0.05, 0) is 19.1 Å². The van der Waals surface area contributed by atoms with E-state index in [0.29, 0.717) is 5.82 Å². The SMILES string of the molecule is CCNc1ccc(S(=O)(=O)N(C)CCO)cn1. The van der Waals surface area contributed by atoms with Gasteiger partial charge in [0, 0.05) is 26.3 Å². The molecule has 0 radical (unpaired) electrons.